The van der Waals surface area contributed by atoms with Gasteiger partial charge in [-0.25, -0.2) is 0 Å². The minimum atomic E-state index is 0.238. The number of aliphatic hydroxyl groups excluding tert-OH is 1. The van der Waals surface area contributed by atoms with E-state index in [0.29, 0.717) is 18.4 Å². The maximum absolute atomic E-state index is 10.3. The molecule has 1 aliphatic heterocycles. The second kappa shape index (κ2) is 6.27. The van der Waals surface area contributed by atoms with E-state index in [2.05, 4.69) is 17.1 Å². The van der Waals surface area contributed by atoms with Gasteiger partial charge in [-0.1, -0.05) is 0 Å². The summed E-state index contributed by atoms with van der Waals surface area (Å²) in [6.07, 6.45) is 1.25. The summed E-state index contributed by atoms with van der Waals surface area (Å²) in [5, 5.41) is 12.1. The van der Waals surface area contributed by atoms with Crippen LogP contribution in [0, 0.1) is 5.92 Å². The molecule has 14 heavy (non-hydrogen) atoms. The van der Waals surface area contributed by atoms with Crippen molar-refractivity contribution in [2.75, 3.05) is 32.7 Å². The molecule has 4 nitrogen and oxygen atoms in total. The van der Waals surface area contributed by atoms with Crippen LogP contribution in [0.15, 0.2) is 0 Å². The quantitative estimate of drug-likeness (QED) is 0.553. The Labute approximate surface area is 85.9 Å². The average Bonchev–Trinajstić information content (AvgIpc) is 2.58. The molecule has 0 aliphatic carbocycles. The molecule has 0 aromatic heterocycles. The molecule has 0 spiro atoms. The van der Waals surface area contributed by atoms with E-state index in [1.54, 1.807) is 0 Å². The summed E-state index contributed by atoms with van der Waals surface area (Å²) >= 11 is 0. The summed E-state index contributed by atoms with van der Waals surface area (Å²) < 4.78 is 10.3. The van der Waals surface area contributed by atoms with Gasteiger partial charge in [-0.2, -0.15) is 0 Å². The van der Waals surface area contributed by atoms with Crippen molar-refractivity contribution < 1.29 is 9.81 Å². The summed E-state index contributed by atoms with van der Waals surface area (Å²) in [5.41, 5.74) is 0. The zero-order valence-electron chi connectivity index (χ0n) is 8.78. The van der Waals surface area contributed by atoms with Gasteiger partial charge < -0.3 is 0 Å². The van der Waals surface area contributed by atoms with Gasteiger partial charge in [-0.05, 0) is 0 Å². The van der Waals surface area contributed by atoms with Crippen molar-refractivity contribution in [3.63, 3.8) is 0 Å². The minimum absolute atomic E-state index is 0.238. The number of hydrogen-bond acceptors (Lipinski definition) is 4. The van der Waals surface area contributed by atoms with Crippen LogP contribution in [0.25, 0.3) is 0 Å². The number of likely N-dealkylation sites (N-methyl/N-ethyl adjacent to an activating group) is 1. The second-order valence-electron chi connectivity index (χ2n) is 3.81. The second-order valence-corrected chi connectivity index (χ2v) is 3.81. The Morgan fingerprint density at radius 1 is 1.57 bits per heavy atom. The Morgan fingerprint density at radius 3 is 2.93 bits per heavy atom. The van der Waals surface area contributed by atoms with E-state index in [0.717, 1.165) is 33.2 Å². The maximum atomic E-state index is 10.3. The predicted molar refractivity (Wildman–Crippen MR) is 55.5 cm³/mol. The molecule has 5 heteroatoms. The van der Waals surface area contributed by atoms with Gasteiger partial charge in [-0.3, -0.25) is 0 Å². The summed E-state index contributed by atoms with van der Waals surface area (Å²) in [5.74, 6) is 0.486. The molecule has 0 aromatic carbocycles. The summed E-state index contributed by atoms with van der Waals surface area (Å²) in [4.78, 5) is 2.35. The van der Waals surface area contributed by atoms with Crippen molar-refractivity contribution in [2.45, 2.75) is 19.4 Å². The van der Waals surface area contributed by atoms with Gasteiger partial charge >= 0.3 is 85.2 Å². The number of likely N-dealkylation sites (tertiary alicyclic amines) is 1. The van der Waals surface area contributed by atoms with Gasteiger partial charge in [0.2, 0.25) is 0 Å². The average molecular weight is 198 g/mol. The normalized spacial score (nSPS) is 27.9. The first kappa shape index (κ1) is 11.8. The van der Waals surface area contributed by atoms with Gasteiger partial charge in [0.1, 0.15) is 0 Å². The van der Waals surface area contributed by atoms with Crippen molar-refractivity contribution >= 4 is 7.15 Å². The van der Waals surface area contributed by atoms with Gasteiger partial charge in [-0.15, -0.1) is 0 Å². The van der Waals surface area contributed by atoms with Gasteiger partial charge in [0.15, 0.2) is 0 Å². The number of nitrogens with zero attached hydrogens (tertiary/aromatic N) is 1. The first-order chi connectivity index (χ1) is 6.81. The third kappa shape index (κ3) is 3.15. The van der Waals surface area contributed by atoms with Crippen LogP contribution in [0.5, 0.6) is 0 Å². The Morgan fingerprint density at radius 2 is 2.36 bits per heavy atom. The van der Waals surface area contributed by atoms with E-state index in [9.17, 15) is 4.70 Å². The summed E-state index contributed by atoms with van der Waals surface area (Å²) in [6.45, 7) is 5.45. The molecular weight excluding hydrogens is 179 g/mol. The molecule has 0 amide bonds. The monoisotopic (exact) mass is 198 g/mol. The van der Waals surface area contributed by atoms with Crippen molar-refractivity contribution in [3.05, 3.63) is 0 Å². The summed E-state index contributed by atoms with van der Waals surface area (Å²) in [7, 11) is 0.893. The van der Waals surface area contributed by atoms with E-state index in [4.69, 9.17) is 5.11 Å². The van der Waals surface area contributed by atoms with Crippen molar-refractivity contribution in [1.82, 2.24) is 10.2 Å². The first-order valence-electron chi connectivity index (χ1n) is 5.32. The standard InChI is InChI=1S/C9H19BN2O2/c1-2-12-5-8(3-4-13)9(6-12)11-7-10-14/h8-9,11,13H,2-7H2,1H3. The Hall–Kier alpha value is -0.255. The molecule has 0 bridgehead atoms. The van der Waals surface area contributed by atoms with Crippen LogP contribution in [0.4, 0.5) is 0 Å². The van der Waals surface area contributed by atoms with E-state index in [1.165, 1.54) is 0 Å². The Bertz CT molecular complexity index is 180. The molecule has 1 fully saturated rings. The number of aliphatic hydroxyl groups is 1. The molecule has 2 unspecified atom stereocenters. The van der Waals surface area contributed by atoms with E-state index >= 15 is 0 Å². The molecular formula is C9H19BN2O2. The Balaban J connectivity index is 2.39. The van der Waals surface area contributed by atoms with Crippen LogP contribution in [0.1, 0.15) is 13.3 Å². The molecule has 1 rings (SSSR count). The summed E-state index contributed by atoms with van der Waals surface area (Å²) in [6, 6.07) is 0.368. The molecule has 2 N–H and O–H groups in total. The van der Waals surface area contributed by atoms with Crippen molar-refractivity contribution in [3.8, 4) is 0 Å². The van der Waals surface area contributed by atoms with Crippen molar-refractivity contribution in [2.24, 2.45) is 5.92 Å². The molecule has 0 saturated carbocycles. The van der Waals surface area contributed by atoms with E-state index in [-0.39, 0.29) is 6.61 Å². The van der Waals surface area contributed by atoms with Gasteiger partial charge in [0.25, 0.3) is 0 Å². The third-order valence-corrected chi connectivity index (χ3v) is 2.93. The topological polar surface area (TPSA) is 52.6 Å². The molecule has 1 saturated heterocycles. The number of nitrogens with one attached hydrogen (secondary N) is 1. The van der Waals surface area contributed by atoms with Crippen molar-refractivity contribution in [1.29, 1.82) is 0 Å². The molecule has 0 radical (unpaired) electrons. The fourth-order valence-electron chi connectivity index (χ4n) is 2.11. The van der Waals surface area contributed by atoms with Gasteiger partial charge in [0, 0.05) is 0 Å². The van der Waals surface area contributed by atoms with Crippen LogP contribution >= 0.6 is 0 Å². The van der Waals surface area contributed by atoms with E-state index in [1.807, 2.05) is 0 Å². The predicted octanol–water partition coefficient (Wildman–Crippen LogP) is -0.714. The molecule has 2 atom stereocenters. The zero-order chi connectivity index (χ0) is 10.4. The van der Waals surface area contributed by atoms with Crippen LogP contribution in [-0.4, -0.2) is 55.9 Å². The fraction of sp³-hybridized carbons (Fsp3) is 1.00. The third-order valence-electron chi connectivity index (χ3n) is 2.93. The first-order valence-corrected chi connectivity index (χ1v) is 5.32. The van der Waals surface area contributed by atoms with Crippen LogP contribution in [-0.2, 0) is 4.70 Å². The number of rotatable bonds is 6. The molecule has 80 valence electrons. The van der Waals surface area contributed by atoms with E-state index < -0.39 is 0 Å². The number of hydrogen-bond donors (Lipinski definition) is 2. The zero-order valence-corrected chi connectivity index (χ0v) is 8.78. The SMILES string of the molecule is CCN1CC(CCO)C(NCB=O)C1. The fourth-order valence-corrected chi connectivity index (χ4v) is 2.11. The molecule has 0 aromatic rings. The van der Waals surface area contributed by atoms with Gasteiger partial charge in [0.05, 0.1) is 0 Å². The van der Waals surface area contributed by atoms with Crippen LogP contribution in [0.3, 0.4) is 0 Å². The van der Waals surface area contributed by atoms with Crippen LogP contribution in [0.2, 0.25) is 0 Å². The Kier molecular flexibility index (Phi) is 5.29. The van der Waals surface area contributed by atoms with Crippen LogP contribution < -0.4 is 5.32 Å². The molecule has 1 aliphatic rings. The molecule has 1 heterocycles.